The molecule has 0 aromatic heterocycles. The van der Waals surface area contributed by atoms with E-state index in [-0.39, 0.29) is 0 Å². The molecule has 2 aromatic rings. The molecule has 4 heteroatoms. The molecule has 0 aliphatic heterocycles. The highest BCUT2D eigenvalue weighted by Gasteiger charge is 1.99. The van der Waals surface area contributed by atoms with Crippen LogP contribution in [0, 0.1) is 0 Å². The largest absolute Gasteiger partial charge is 0.382 e. The van der Waals surface area contributed by atoms with Crippen LogP contribution in [-0.4, -0.2) is 32.3 Å². The van der Waals surface area contributed by atoms with Gasteiger partial charge in [-0.2, -0.15) is 0 Å². The standard InChI is InChI=1S/C20H29N3O/c1-3-21-20(22-13-7-8-14-24-4-2)23-16-17-11-12-18-9-5-6-10-19(18)15-17/h5-6,9-12,15H,3-4,7-8,13-14,16H2,1-2H3,(H2,21,22,23). The Hall–Kier alpha value is -2.07. The van der Waals surface area contributed by atoms with Crippen LogP contribution < -0.4 is 10.6 Å². The van der Waals surface area contributed by atoms with Crippen LogP contribution in [0.5, 0.6) is 0 Å². The lowest BCUT2D eigenvalue weighted by molar-refractivity contribution is 0.143. The second-order valence-electron chi connectivity index (χ2n) is 5.71. The fourth-order valence-corrected chi connectivity index (χ4v) is 2.53. The van der Waals surface area contributed by atoms with Gasteiger partial charge < -0.3 is 15.4 Å². The lowest BCUT2D eigenvalue weighted by Gasteiger charge is -2.11. The van der Waals surface area contributed by atoms with Crippen LogP contribution in [0.2, 0.25) is 0 Å². The minimum absolute atomic E-state index is 0.680. The summed E-state index contributed by atoms with van der Waals surface area (Å²) in [5.74, 6) is 0.877. The molecule has 2 aromatic carbocycles. The van der Waals surface area contributed by atoms with Crippen molar-refractivity contribution in [1.29, 1.82) is 0 Å². The van der Waals surface area contributed by atoms with E-state index in [2.05, 4.69) is 65.0 Å². The minimum Gasteiger partial charge on any atom is -0.382 e. The molecule has 0 spiro atoms. The zero-order chi connectivity index (χ0) is 17.0. The van der Waals surface area contributed by atoms with E-state index in [0.717, 1.165) is 45.1 Å². The van der Waals surface area contributed by atoms with Gasteiger partial charge in [0.1, 0.15) is 0 Å². The van der Waals surface area contributed by atoms with E-state index in [9.17, 15) is 0 Å². The lowest BCUT2D eigenvalue weighted by atomic mass is 10.1. The molecule has 24 heavy (non-hydrogen) atoms. The number of benzene rings is 2. The molecule has 0 saturated carbocycles. The van der Waals surface area contributed by atoms with Crippen molar-refractivity contribution in [2.75, 3.05) is 26.3 Å². The predicted octanol–water partition coefficient (Wildman–Crippen LogP) is 3.71. The van der Waals surface area contributed by atoms with Crippen LogP contribution in [0.1, 0.15) is 32.3 Å². The third-order valence-electron chi connectivity index (χ3n) is 3.79. The fourth-order valence-electron chi connectivity index (χ4n) is 2.53. The first-order valence-corrected chi connectivity index (χ1v) is 8.91. The molecular weight excluding hydrogens is 298 g/mol. The summed E-state index contributed by atoms with van der Waals surface area (Å²) in [6, 6.07) is 14.9. The molecule has 0 aliphatic carbocycles. The van der Waals surface area contributed by atoms with E-state index in [4.69, 9.17) is 4.74 Å². The van der Waals surface area contributed by atoms with Crippen LogP contribution in [0.3, 0.4) is 0 Å². The molecule has 130 valence electrons. The summed E-state index contributed by atoms with van der Waals surface area (Å²) in [5, 5.41) is 9.22. The first kappa shape index (κ1) is 18.3. The van der Waals surface area contributed by atoms with Gasteiger partial charge in [0.2, 0.25) is 0 Å². The van der Waals surface area contributed by atoms with E-state index in [1.54, 1.807) is 0 Å². The van der Waals surface area contributed by atoms with Gasteiger partial charge in [-0.05, 0) is 49.1 Å². The van der Waals surface area contributed by atoms with E-state index in [1.165, 1.54) is 16.3 Å². The maximum Gasteiger partial charge on any atom is 0.191 e. The summed E-state index contributed by atoms with van der Waals surface area (Å²) in [7, 11) is 0. The van der Waals surface area contributed by atoms with Crippen LogP contribution in [0.4, 0.5) is 0 Å². The number of rotatable bonds is 9. The van der Waals surface area contributed by atoms with E-state index in [1.807, 2.05) is 6.92 Å². The van der Waals surface area contributed by atoms with Gasteiger partial charge in [-0.25, -0.2) is 4.99 Å². The second-order valence-corrected chi connectivity index (χ2v) is 5.71. The number of hydrogen-bond acceptors (Lipinski definition) is 2. The lowest BCUT2D eigenvalue weighted by Crippen LogP contribution is -2.37. The van der Waals surface area contributed by atoms with Crippen molar-refractivity contribution in [2.45, 2.75) is 33.2 Å². The topological polar surface area (TPSA) is 45.7 Å². The number of fused-ring (bicyclic) bond motifs is 1. The molecule has 2 rings (SSSR count). The summed E-state index contributed by atoms with van der Waals surface area (Å²) in [5.41, 5.74) is 1.22. The van der Waals surface area contributed by atoms with Gasteiger partial charge in [-0.15, -0.1) is 0 Å². The normalized spacial score (nSPS) is 11.7. The van der Waals surface area contributed by atoms with E-state index < -0.39 is 0 Å². The maximum atomic E-state index is 5.35. The molecule has 0 unspecified atom stereocenters. The Kier molecular flexibility index (Phi) is 8.11. The van der Waals surface area contributed by atoms with Gasteiger partial charge >= 0.3 is 0 Å². The third kappa shape index (κ3) is 6.20. The van der Waals surface area contributed by atoms with Gasteiger partial charge in [0.05, 0.1) is 6.54 Å². The molecule has 0 heterocycles. The quantitative estimate of drug-likeness (QED) is 0.419. The van der Waals surface area contributed by atoms with Crippen molar-refractivity contribution in [3.05, 3.63) is 48.0 Å². The fraction of sp³-hybridized carbons (Fsp3) is 0.450. The highest BCUT2D eigenvalue weighted by molar-refractivity contribution is 5.83. The van der Waals surface area contributed by atoms with E-state index >= 15 is 0 Å². The Labute approximate surface area is 145 Å². The zero-order valence-corrected chi connectivity index (χ0v) is 14.8. The van der Waals surface area contributed by atoms with Gasteiger partial charge in [0.15, 0.2) is 5.96 Å². The average molecular weight is 327 g/mol. The van der Waals surface area contributed by atoms with Crippen LogP contribution in [0.25, 0.3) is 10.8 Å². The van der Waals surface area contributed by atoms with Crippen molar-refractivity contribution in [3.8, 4) is 0 Å². The van der Waals surface area contributed by atoms with Gasteiger partial charge in [0, 0.05) is 26.3 Å². The first-order valence-electron chi connectivity index (χ1n) is 8.91. The number of nitrogens with one attached hydrogen (secondary N) is 2. The molecule has 2 N–H and O–H groups in total. The number of hydrogen-bond donors (Lipinski definition) is 2. The van der Waals surface area contributed by atoms with Crippen LogP contribution >= 0.6 is 0 Å². The van der Waals surface area contributed by atoms with Crippen LogP contribution in [-0.2, 0) is 11.3 Å². The number of guanidine groups is 1. The van der Waals surface area contributed by atoms with Crippen molar-refractivity contribution in [1.82, 2.24) is 10.6 Å². The summed E-state index contributed by atoms with van der Waals surface area (Å²) in [6.45, 7) is 8.20. The van der Waals surface area contributed by atoms with E-state index in [0.29, 0.717) is 6.54 Å². The summed E-state index contributed by atoms with van der Waals surface area (Å²) < 4.78 is 5.35. The Morgan fingerprint density at radius 3 is 2.62 bits per heavy atom. The molecule has 0 bridgehead atoms. The maximum absolute atomic E-state index is 5.35. The van der Waals surface area contributed by atoms with Crippen LogP contribution in [0.15, 0.2) is 47.5 Å². The van der Waals surface area contributed by atoms with Gasteiger partial charge in [-0.1, -0.05) is 36.4 Å². The Balaban J connectivity index is 1.86. The second kappa shape index (κ2) is 10.7. The summed E-state index contributed by atoms with van der Waals surface area (Å²) in [6.07, 6.45) is 2.16. The number of nitrogens with zero attached hydrogens (tertiary/aromatic N) is 1. The average Bonchev–Trinajstić information content (AvgIpc) is 2.62. The number of unbranched alkanes of at least 4 members (excludes halogenated alkanes) is 1. The highest BCUT2D eigenvalue weighted by Crippen LogP contribution is 2.16. The molecule has 4 nitrogen and oxygen atoms in total. The van der Waals surface area contributed by atoms with Crippen molar-refractivity contribution in [3.63, 3.8) is 0 Å². The predicted molar refractivity (Wildman–Crippen MR) is 102 cm³/mol. The zero-order valence-electron chi connectivity index (χ0n) is 14.8. The molecular formula is C20H29N3O. The Morgan fingerprint density at radius 1 is 1.00 bits per heavy atom. The van der Waals surface area contributed by atoms with Gasteiger partial charge in [0.25, 0.3) is 0 Å². The molecule has 0 aliphatic rings. The first-order chi connectivity index (χ1) is 11.8. The third-order valence-corrected chi connectivity index (χ3v) is 3.79. The molecule has 0 atom stereocenters. The Bertz CT molecular complexity index is 640. The molecule has 0 fully saturated rings. The number of aliphatic imine (C=N–C) groups is 1. The molecule has 0 amide bonds. The SMILES string of the molecule is CCNC(=NCc1ccc2ccccc2c1)NCCCCOCC. The van der Waals surface area contributed by atoms with Gasteiger partial charge in [-0.3, -0.25) is 0 Å². The summed E-state index contributed by atoms with van der Waals surface area (Å²) in [4.78, 5) is 4.69. The minimum atomic E-state index is 0.680. The number of ether oxygens (including phenoxy) is 1. The molecule has 0 saturated heterocycles. The Morgan fingerprint density at radius 2 is 1.83 bits per heavy atom. The highest BCUT2D eigenvalue weighted by atomic mass is 16.5. The smallest absolute Gasteiger partial charge is 0.191 e. The molecule has 0 radical (unpaired) electrons. The summed E-state index contributed by atoms with van der Waals surface area (Å²) >= 11 is 0. The monoisotopic (exact) mass is 327 g/mol. The van der Waals surface area contributed by atoms with Crippen molar-refractivity contribution >= 4 is 16.7 Å². The van der Waals surface area contributed by atoms with Crippen molar-refractivity contribution < 1.29 is 4.74 Å². The van der Waals surface area contributed by atoms with Crippen molar-refractivity contribution in [2.24, 2.45) is 4.99 Å².